The van der Waals surface area contributed by atoms with E-state index in [-0.39, 0.29) is 22.8 Å². The second-order valence-corrected chi connectivity index (χ2v) is 9.07. The predicted molar refractivity (Wildman–Crippen MR) is 132 cm³/mol. The molecule has 1 atom stereocenters. The topological polar surface area (TPSA) is 149 Å². The minimum absolute atomic E-state index is 0.0987. The van der Waals surface area contributed by atoms with Gasteiger partial charge in [0.15, 0.2) is 0 Å². The standard InChI is InChI=1S/C24H26N4O6S/c1-33-19-11-8-17(9-12-19)28-35(31,32)22-14-18(10-13-21(22)34-2)26-23(29)15-20(27-24(25)30)16-6-4-3-5-7-16/h3-14,20,28H,15H2,1-2H3,(H,26,29)(H3,25,27,30). The largest absolute Gasteiger partial charge is 0.497 e. The molecule has 0 aliphatic rings. The first-order chi connectivity index (χ1) is 16.7. The number of carbonyl (C=O) groups excluding carboxylic acids is 2. The number of carbonyl (C=O) groups is 2. The van der Waals surface area contributed by atoms with Crippen LogP contribution in [0.25, 0.3) is 0 Å². The third-order valence-corrected chi connectivity index (χ3v) is 6.39. The van der Waals surface area contributed by atoms with Crippen LogP contribution in [0.5, 0.6) is 11.5 Å². The van der Waals surface area contributed by atoms with Crippen LogP contribution in [-0.2, 0) is 14.8 Å². The van der Waals surface area contributed by atoms with Crippen LogP contribution in [0.1, 0.15) is 18.0 Å². The summed E-state index contributed by atoms with van der Waals surface area (Å²) in [5.41, 5.74) is 6.52. The van der Waals surface area contributed by atoms with Gasteiger partial charge in [-0.25, -0.2) is 13.2 Å². The molecule has 0 heterocycles. The Balaban J connectivity index is 1.80. The van der Waals surface area contributed by atoms with Crippen molar-refractivity contribution in [3.8, 4) is 11.5 Å². The maximum atomic E-state index is 13.1. The molecule has 3 aromatic rings. The van der Waals surface area contributed by atoms with E-state index in [1.54, 1.807) is 48.5 Å². The summed E-state index contributed by atoms with van der Waals surface area (Å²) < 4.78 is 38.9. The third-order valence-electron chi connectivity index (χ3n) is 4.99. The van der Waals surface area contributed by atoms with Crippen LogP contribution < -0.4 is 30.6 Å². The van der Waals surface area contributed by atoms with Crippen LogP contribution in [0.15, 0.2) is 77.7 Å². The van der Waals surface area contributed by atoms with Gasteiger partial charge in [-0.05, 0) is 48.0 Å². The highest BCUT2D eigenvalue weighted by molar-refractivity contribution is 7.92. The fraction of sp³-hybridized carbons (Fsp3) is 0.167. The molecular formula is C24H26N4O6S. The number of rotatable bonds is 10. The zero-order chi connectivity index (χ0) is 25.4. The van der Waals surface area contributed by atoms with E-state index in [0.717, 1.165) is 0 Å². The fourth-order valence-corrected chi connectivity index (χ4v) is 4.60. The van der Waals surface area contributed by atoms with Gasteiger partial charge in [0.1, 0.15) is 16.4 Å². The van der Waals surface area contributed by atoms with Crippen molar-refractivity contribution in [3.63, 3.8) is 0 Å². The molecule has 35 heavy (non-hydrogen) atoms. The lowest BCUT2D eigenvalue weighted by Crippen LogP contribution is -2.35. The lowest BCUT2D eigenvalue weighted by atomic mass is 10.0. The van der Waals surface area contributed by atoms with Gasteiger partial charge in [0.2, 0.25) is 5.91 Å². The van der Waals surface area contributed by atoms with Crippen LogP contribution in [0.2, 0.25) is 0 Å². The smallest absolute Gasteiger partial charge is 0.312 e. The lowest BCUT2D eigenvalue weighted by Gasteiger charge is -2.18. The molecular weight excluding hydrogens is 472 g/mol. The fourth-order valence-electron chi connectivity index (χ4n) is 3.34. The minimum Gasteiger partial charge on any atom is -0.497 e. The zero-order valence-corrected chi connectivity index (χ0v) is 20.0. The van der Waals surface area contributed by atoms with Crippen molar-refractivity contribution in [1.82, 2.24) is 5.32 Å². The normalized spacial score (nSPS) is 11.7. The minimum atomic E-state index is -4.06. The van der Waals surface area contributed by atoms with E-state index in [1.807, 2.05) is 6.07 Å². The molecule has 11 heteroatoms. The molecule has 0 saturated carbocycles. The van der Waals surface area contributed by atoms with E-state index in [4.69, 9.17) is 15.2 Å². The predicted octanol–water partition coefficient (Wildman–Crippen LogP) is 3.24. The van der Waals surface area contributed by atoms with Crippen LogP contribution >= 0.6 is 0 Å². The molecule has 0 fully saturated rings. The number of nitrogens with one attached hydrogen (secondary N) is 3. The van der Waals surface area contributed by atoms with Gasteiger partial charge in [0, 0.05) is 11.4 Å². The molecule has 0 bridgehead atoms. The number of hydrogen-bond acceptors (Lipinski definition) is 6. The van der Waals surface area contributed by atoms with Crippen molar-refractivity contribution in [2.24, 2.45) is 5.73 Å². The highest BCUT2D eigenvalue weighted by Crippen LogP contribution is 2.29. The van der Waals surface area contributed by atoms with Crippen molar-refractivity contribution in [1.29, 1.82) is 0 Å². The first kappa shape index (κ1) is 25.4. The summed E-state index contributed by atoms with van der Waals surface area (Å²) in [6, 6.07) is 18.1. The van der Waals surface area contributed by atoms with Crippen LogP contribution in [-0.4, -0.2) is 34.6 Å². The molecule has 0 spiro atoms. The first-order valence-electron chi connectivity index (χ1n) is 10.5. The molecule has 10 nitrogen and oxygen atoms in total. The van der Waals surface area contributed by atoms with E-state index < -0.39 is 28.0 Å². The molecule has 0 aliphatic carbocycles. The summed E-state index contributed by atoms with van der Waals surface area (Å²) in [5.74, 6) is 0.223. The Morgan fingerprint density at radius 2 is 1.57 bits per heavy atom. The Morgan fingerprint density at radius 3 is 2.17 bits per heavy atom. The molecule has 0 aliphatic heterocycles. The highest BCUT2D eigenvalue weighted by Gasteiger charge is 2.22. The van der Waals surface area contributed by atoms with Gasteiger partial charge in [0.05, 0.1) is 26.7 Å². The Morgan fingerprint density at radius 1 is 0.914 bits per heavy atom. The van der Waals surface area contributed by atoms with Gasteiger partial charge in [-0.1, -0.05) is 30.3 Å². The number of amides is 3. The van der Waals surface area contributed by atoms with Gasteiger partial charge in [0.25, 0.3) is 10.0 Å². The van der Waals surface area contributed by atoms with Crippen molar-refractivity contribution in [2.45, 2.75) is 17.4 Å². The van der Waals surface area contributed by atoms with E-state index in [9.17, 15) is 18.0 Å². The van der Waals surface area contributed by atoms with Crippen LogP contribution in [0.4, 0.5) is 16.2 Å². The number of sulfonamides is 1. The number of nitrogens with two attached hydrogens (primary N) is 1. The molecule has 3 rings (SSSR count). The third kappa shape index (κ3) is 6.87. The van der Waals surface area contributed by atoms with Gasteiger partial charge in [-0.15, -0.1) is 0 Å². The number of urea groups is 1. The van der Waals surface area contributed by atoms with Gasteiger partial charge < -0.3 is 25.8 Å². The van der Waals surface area contributed by atoms with Gasteiger partial charge in [-0.2, -0.15) is 0 Å². The highest BCUT2D eigenvalue weighted by atomic mass is 32.2. The Bertz CT molecular complexity index is 1280. The molecule has 5 N–H and O–H groups in total. The molecule has 0 radical (unpaired) electrons. The van der Waals surface area contributed by atoms with Gasteiger partial charge in [-0.3, -0.25) is 9.52 Å². The first-order valence-corrected chi connectivity index (χ1v) is 12.0. The lowest BCUT2D eigenvalue weighted by molar-refractivity contribution is -0.116. The number of methoxy groups -OCH3 is 2. The van der Waals surface area contributed by atoms with Crippen molar-refractivity contribution in [2.75, 3.05) is 24.3 Å². The molecule has 0 aromatic heterocycles. The second kappa shape index (κ2) is 11.3. The molecule has 1 unspecified atom stereocenters. The summed E-state index contributed by atoms with van der Waals surface area (Å²) in [6.07, 6.45) is -0.120. The Kier molecular flexibility index (Phi) is 8.16. The number of primary amides is 1. The number of benzene rings is 3. The molecule has 3 aromatic carbocycles. The van der Waals surface area contributed by atoms with Crippen molar-refractivity contribution in [3.05, 3.63) is 78.4 Å². The maximum absolute atomic E-state index is 13.1. The molecule has 3 amide bonds. The molecule has 184 valence electrons. The average Bonchev–Trinajstić information content (AvgIpc) is 2.84. The Hall–Kier alpha value is -4.25. The van der Waals surface area contributed by atoms with Crippen molar-refractivity contribution >= 4 is 33.3 Å². The summed E-state index contributed by atoms with van der Waals surface area (Å²) >= 11 is 0. The summed E-state index contributed by atoms with van der Waals surface area (Å²) in [5, 5.41) is 5.21. The summed E-state index contributed by atoms with van der Waals surface area (Å²) in [4.78, 5) is 24.0. The van der Waals surface area contributed by atoms with Gasteiger partial charge >= 0.3 is 6.03 Å². The average molecular weight is 499 g/mol. The number of anilines is 2. The van der Waals surface area contributed by atoms with E-state index in [0.29, 0.717) is 17.0 Å². The van der Waals surface area contributed by atoms with E-state index in [2.05, 4.69) is 15.4 Å². The summed E-state index contributed by atoms with van der Waals surface area (Å²) in [6.45, 7) is 0. The monoisotopic (exact) mass is 498 g/mol. The second-order valence-electron chi connectivity index (χ2n) is 7.42. The molecule has 0 saturated heterocycles. The Labute approximate surface area is 203 Å². The quantitative estimate of drug-likeness (QED) is 0.337. The van der Waals surface area contributed by atoms with E-state index in [1.165, 1.54) is 32.4 Å². The summed E-state index contributed by atoms with van der Waals surface area (Å²) in [7, 11) is -1.20. The SMILES string of the molecule is COc1ccc(NS(=O)(=O)c2cc(NC(=O)CC(NC(N)=O)c3ccccc3)ccc2OC)cc1. The maximum Gasteiger partial charge on any atom is 0.312 e. The van der Waals surface area contributed by atoms with E-state index >= 15 is 0 Å². The van der Waals surface area contributed by atoms with Crippen LogP contribution in [0.3, 0.4) is 0 Å². The van der Waals surface area contributed by atoms with Crippen molar-refractivity contribution < 1.29 is 27.5 Å². The van der Waals surface area contributed by atoms with Crippen LogP contribution in [0, 0.1) is 0 Å². The zero-order valence-electron chi connectivity index (χ0n) is 19.1. The number of ether oxygens (including phenoxy) is 2. The number of hydrogen-bond donors (Lipinski definition) is 4.